The first-order chi connectivity index (χ1) is 12.7. The Hall–Kier alpha value is -2.96. The van der Waals surface area contributed by atoms with Gasteiger partial charge in [-0.15, -0.1) is 10.2 Å². The van der Waals surface area contributed by atoms with Gasteiger partial charge in [-0.1, -0.05) is 12.5 Å². The first kappa shape index (κ1) is 16.5. The second-order valence-electron chi connectivity index (χ2n) is 6.43. The van der Waals surface area contributed by atoms with E-state index in [0.29, 0.717) is 30.0 Å². The highest BCUT2D eigenvalue weighted by Gasteiger charge is 2.26. The van der Waals surface area contributed by atoms with Crippen molar-refractivity contribution in [2.45, 2.75) is 38.0 Å². The minimum Gasteiger partial charge on any atom is -0.507 e. The summed E-state index contributed by atoms with van der Waals surface area (Å²) >= 11 is 0. The van der Waals surface area contributed by atoms with Crippen LogP contribution < -0.4 is 4.74 Å². The number of nitrogens with zero attached hydrogens (tertiary/aromatic N) is 3. The molecule has 26 heavy (non-hydrogen) atoms. The molecule has 1 aromatic carbocycles. The van der Waals surface area contributed by atoms with Gasteiger partial charge in [0.25, 0.3) is 0 Å². The quantitative estimate of drug-likeness (QED) is 0.742. The molecule has 1 fully saturated rings. The lowest BCUT2D eigenvalue weighted by Crippen LogP contribution is -2.32. The SMILES string of the molecule is Oc1cc(-c2cn[nH]c2)ccc1-c1ccc(O[C@@H]2CCCC[C@H]2F)nn1. The summed E-state index contributed by atoms with van der Waals surface area (Å²) < 4.78 is 19.5. The highest BCUT2D eigenvalue weighted by Crippen LogP contribution is 2.32. The number of halogens is 1. The zero-order valence-corrected chi connectivity index (χ0v) is 14.1. The monoisotopic (exact) mass is 354 g/mol. The fraction of sp³-hybridized carbons (Fsp3) is 0.316. The summed E-state index contributed by atoms with van der Waals surface area (Å²) in [4.78, 5) is 0. The number of aromatic amines is 1. The Labute approximate surface area is 150 Å². The molecule has 1 saturated carbocycles. The van der Waals surface area contributed by atoms with Crippen molar-refractivity contribution in [3.63, 3.8) is 0 Å². The Morgan fingerprint density at radius 2 is 1.96 bits per heavy atom. The van der Waals surface area contributed by atoms with E-state index < -0.39 is 12.3 Å². The normalized spacial score (nSPS) is 20.0. The molecule has 2 aromatic heterocycles. The maximum Gasteiger partial charge on any atom is 0.233 e. The molecular weight excluding hydrogens is 335 g/mol. The van der Waals surface area contributed by atoms with E-state index in [2.05, 4.69) is 20.4 Å². The fourth-order valence-electron chi connectivity index (χ4n) is 3.20. The lowest BCUT2D eigenvalue weighted by Gasteiger charge is -2.25. The van der Waals surface area contributed by atoms with Crippen molar-refractivity contribution < 1.29 is 14.2 Å². The van der Waals surface area contributed by atoms with Crippen molar-refractivity contribution in [2.24, 2.45) is 0 Å². The summed E-state index contributed by atoms with van der Waals surface area (Å²) in [5.74, 6) is 0.403. The minimum atomic E-state index is -0.954. The number of H-pyrrole nitrogens is 1. The van der Waals surface area contributed by atoms with E-state index in [4.69, 9.17) is 4.74 Å². The average molecular weight is 354 g/mol. The number of hydrogen-bond acceptors (Lipinski definition) is 5. The zero-order chi connectivity index (χ0) is 17.9. The summed E-state index contributed by atoms with van der Waals surface area (Å²) in [5.41, 5.74) is 2.82. The predicted octanol–water partition coefficient (Wildman–Crippen LogP) is 3.90. The Bertz CT molecular complexity index is 868. The van der Waals surface area contributed by atoms with Crippen LogP contribution in [0.5, 0.6) is 11.6 Å². The van der Waals surface area contributed by atoms with Crippen LogP contribution in [0.25, 0.3) is 22.4 Å². The molecule has 0 spiro atoms. The van der Waals surface area contributed by atoms with Gasteiger partial charge in [-0.25, -0.2) is 4.39 Å². The number of rotatable bonds is 4. The molecular formula is C19H19FN4O2. The number of alkyl halides is 1. The van der Waals surface area contributed by atoms with Crippen LogP contribution in [0.1, 0.15) is 25.7 Å². The van der Waals surface area contributed by atoms with Crippen LogP contribution in [0.3, 0.4) is 0 Å². The number of benzene rings is 1. The molecule has 0 amide bonds. The highest BCUT2D eigenvalue weighted by atomic mass is 19.1. The molecule has 1 aliphatic carbocycles. The molecule has 0 saturated heterocycles. The van der Waals surface area contributed by atoms with Gasteiger partial charge in [-0.05, 0) is 43.0 Å². The smallest absolute Gasteiger partial charge is 0.233 e. The molecule has 7 heteroatoms. The van der Waals surface area contributed by atoms with Crippen LogP contribution >= 0.6 is 0 Å². The molecule has 2 heterocycles. The molecule has 0 aliphatic heterocycles. The first-order valence-corrected chi connectivity index (χ1v) is 8.68. The van der Waals surface area contributed by atoms with Crippen LogP contribution in [-0.2, 0) is 0 Å². The van der Waals surface area contributed by atoms with Crippen LogP contribution in [-0.4, -0.2) is 37.8 Å². The molecule has 3 aromatic rings. The molecule has 2 N–H and O–H groups in total. The van der Waals surface area contributed by atoms with E-state index in [1.807, 2.05) is 6.07 Å². The van der Waals surface area contributed by atoms with Gasteiger partial charge in [0.05, 0.1) is 11.9 Å². The molecule has 134 valence electrons. The summed E-state index contributed by atoms with van der Waals surface area (Å²) in [6.07, 6.45) is 5.13. The minimum absolute atomic E-state index is 0.0998. The van der Waals surface area contributed by atoms with E-state index in [0.717, 1.165) is 24.0 Å². The van der Waals surface area contributed by atoms with Gasteiger partial charge in [-0.2, -0.15) is 5.10 Å². The number of aromatic hydroxyl groups is 1. The van der Waals surface area contributed by atoms with E-state index in [9.17, 15) is 9.50 Å². The Morgan fingerprint density at radius 1 is 1.08 bits per heavy atom. The molecule has 0 unspecified atom stereocenters. The maximum atomic E-state index is 13.9. The molecule has 1 aliphatic rings. The molecule has 0 bridgehead atoms. The Morgan fingerprint density at radius 3 is 2.65 bits per heavy atom. The summed E-state index contributed by atoms with van der Waals surface area (Å²) in [5, 5.41) is 25.1. The van der Waals surface area contributed by atoms with Crippen LogP contribution in [0.15, 0.2) is 42.7 Å². The molecule has 4 rings (SSSR count). The fourth-order valence-corrected chi connectivity index (χ4v) is 3.20. The number of aromatic nitrogens is 4. The number of phenolic OH excluding ortho intramolecular Hbond substituents is 1. The van der Waals surface area contributed by atoms with E-state index in [1.54, 1.807) is 36.7 Å². The van der Waals surface area contributed by atoms with Crippen LogP contribution in [0.4, 0.5) is 4.39 Å². The van der Waals surface area contributed by atoms with Crippen LogP contribution in [0.2, 0.25) is 0 Å². The van der Waals surface area contributed by atoms with Gasteiger partial charge >= 0.3 is 0 Å². The Balaban J connectivity index is 1.51. The van der Waals surface area contributed by atoms with Gasteiger partial charge < -0.3 is 9.84 Å². The lowest BCUT2D eigenvalue weighted by atomic mass is 9.96. The second kappa shape index (κ2) is 7.11. The standard InChI is InChI=1S/C19H19FN4O2/c20-15-3-1-2-4-18(15)26-19-8-7-16(23-24-19)14-6-5-12(9-17(14)25)13-10-21-22-11-13/h5-11,15,18,25H,1-4H2,(H,21,22)/t15-,18-/m1/s1. The number of hydrogen-bond donors (Lipinski definition) is 2. The molecule has 0 radical (unpaired) electrons. The number of phenols is 1. The van der Waals surface area contributed by atoms with Crippen molar-refractivity contribution in [3.8, 4) is 34.0 Å². The molecule has 2 atom stereocenters. The largest absolute Gasteiger partial charge is 0.507 e. The topological polar surface area (TPSA) is 83.9 Å². The van der Waals surface area contributed by atoms with Crippen LogP contribution in [0, 0.1) is 0 Å². The van der Waals surface area contributed by atoms with Crippen molar-refractivity contribution in [3.05, 3.63) is 42.7 Å². The van der Waals surface area contributed by atoms with Gasteiger partial charge in [0.1, 0.15) is 18.0 Å². The average Bonchev–Trinajstić information content (AvgIpc) is 3.19. The van der Waals surface area contributed by atoms with Gasteiger partial charge in [-0.3, -0.25) is 5.10 Å². The van der Waals surface area contributed by atoms with E-state index in [1.165, 1.54) is 0 Å². The predicted molar refractivity (Wildman–Crippen MR) is 94.5 cm³/mol. The highest BCUT2D eigenvalue weighted by molar-refractivity contribution is 5.73. The van der Waals surface area contributed by atoms with Crippen molar-refractivity contribution in [2.75, 3.05) is 0 Å². The van der Waals surface area contributed by atoms with Gasteiger partial charge in [0, 0.05) is 23.4 Å². The summed E-state index contributed by atoms with van der Waals surface area (Å²) in [7, 11) is 0. The first-order valence-electron chi connectivity index (χ1n) is 8.68. The Kier molecular flexibility index (Phi) is 4.51. The van der Waals surface area contributed by atoms with Crippen molar-refractivity contribution in [1.29, 1.82) is 0 Å². The molecule has 6 nitrogen and oxygen atoms in total. The third-order valence-corrected chi connectivity index (χ3v) is 4.64. The van der Waals surface area contributed by atoms with Crippen molar-refractivity contribution in [1.82, 2.24) is 20.4 Å². The zero-order valence-electron chi connectivity index (χ0n) is 14.1. The maximum absolute atomic E-state index is 13.9. The number of ether oxygens (including phenoxy) is 1. The van der Waals surface area contributed by atoms with E-state index >= 15 is 0 Å². The van der Waals surface area contributed by atoms with Crippen molar-refractivity contribution >= 4 is 0 Å². The summed E-state index contributed by atoms with van der Waals surface area (Å²) in [6.45, 7) is 0. The number of nitrogens with one attached hydrogen (secondary N) is 1. The summed E-state index contributed by atoms with van der Waals surface area (Å²) in [6, 6.07) is 8.68. The third kappa shape index (κ3) is 3.37. The lowest BCUT2D eigenvalue weighted by molar-refractivity contribution is 0.0594. The van der Waals surface area contributed by atoms with Gasteiger partial charge in [0.15, 0.2) is 0 Å². The second-order valence-corrected chi connectivity index (χ2v) is 6.43. The third-order valence-electron chi connectivity index (χ3n) is 4.64. The van der Waals surface area contributed by atoms with Gasteiger partial charge in [0.2, 0.25) is 5.88 Å². The van der Waals surface area contributed by atoms with E-state index in [-0.39, 0.29) is 5.75 Å².